The fraction of sp³-hybridized carbons (Fsp3) is 0.526. The smallest absolute Gasteiger partial charge is 0.352 e. The monoisotopic (exact) mass is 530 g/mol. The molecular formula is C19H26N6O8S2. The maximum absolute atomic E-state index is 12.7. The SMILES string of the molecule is C.Cn1[nH]c(=O)c(=O)nc1SCC1=C(C(=O)O)N2C(=O)C(NC(=O)CCCC(N)C(=O)O)C2SC1. The van der Waals surface area contributed by atoms with Gasteiger partial charge in [-0.1, -0.05) is 19.2 Å². The van der Waals surface area contributed by atoms with Crippen LogP contribution in [0.2, 0.25) is 0 Å². The summed E-state index contributed by atoms with van der Waals surface area (Å²) in [6.07, 6.45) is 0.315. The zero-order chi connectivity index (χ0) is 25.2. The van der Waals surface area contributed by atoms with Crippen molar-refractivity contribution in [1.29, 1.82) is 0 Å². The number of amides is 2. The number of carbonyl (C=O) groups is 4. The zero-order valence-corrected chi connectivity index (χ0v) is 19.5. The standard InChI is InChI=1S/C18H22N6O8S2.CH4/c1-23-18(21-12(26)13(27)22-23)34-6-7-5-33-15-10(14(28)24(15)11(7)17(31)32)20-9(25)4-2-3-8(19)16(29)30;/h8,10,15H,2-6,19H2,1H3,(H,20,25)(H,22,27)(H,29,30)(H,31,32);1H4. The number of β-lactam (4-membered cyclic amide) rings is 1. The first-order valence-corrected chi connectivity index (χ1v) is 12.0. The van der Waals surface area contributed by atoms with Gasteiger partial charge in [0.1, 0.15) is 23.2 Å². The minimum absolute atomic E-state index is 0. The summed E-state index contributed by atoms with van der Waals surface area (Å²) in [5.41, 5.74) is 3.80. The fourth-order valence-corrected chi connectivity index (χ4v) is 5.79. The molecule has 2 aliphatic rings. The third-order valence-electron chi connectivity index (χ3n) is 5.13. The maximum atomic E-state index is 12.7. The highest BCUT2D eigenvalue weighted by Gasteiger charge is 2.54. The number of aromatic amines is 1. The van der Waals surface area contributed by atoms with Crippen LogP contribution in [0.3, 0.4) is 0 Å². The fourth-order valence-electron chi connectivity index (χ4n) is 3.39. The van der Waals surface area contributed by atoms with E-state index in [1.807, 2.05) is 0 Å². The maximum Gasteiger partial charge on any atom is 0.352 e. The Balaban J connectivity index is 0.00000432. The number of rotatable bonds is 10. The van der Waals surface area contributed by atoms with Gasteiger partial charge in [-0.05, 0) is 18.4 Å². The highest BCUT2D eigenvalue weighted by Crippen LogP contribution is 2.41. The molecule has 0 spiro atoms. The second kappa shape index (κ2) is 11.5. The van der Waals surface area contributed by atoms with Crippen molar-refractivity contribution in [3.05, 3.63) is 32.0 Å². The number of nitrogens with one attached hydrogen (secondary N) is 2. The van der Waals surface area contributed by atoms with Gasteiger partial charge < -0.3 is 21.3 Å². The van der Waals surface area contributed by atoms with Crippen molar-refractivity contribution in [2.24, 2.45) is 12.8 Å². The molecule has 6 N–H and O–H groups in total. The third-order valence-corrected chi connectivity index (χ3v) is 7.58. The zero-order valence-electron chi connectivity index (χ0n) is 17.8. The van der Waals surface area contributed by atoms with E-state index >= 15 is 0 Å². The van der Waals surface area contributed by atoms with Gasteiger partial charge in [-0.15, -0.1) is 11.8 Å². The van der Waals surface area contributed by atoms with Gasteiger partial charge in [-0.25, -0.2) is 4.79 Å². The lowest BCUT2D eigenvalue weighted by molar-refractivity contribution is -0.150. The molecule has 2 aliphatic heterocycles. The summed E-state index contributed by atoms with van der Waals surface area (Å²) in [5.74, 6) is -3.11. The van der Waals surface area contributed by atoms with Gasteiger partial charge in [0.25, 0.3) is 5.91 Å². The van der Waals surface area contributed by atoms with Crippen LogP contribution in [-0.4, -0.2) is 82.6 Å². The predicted molar refractivity (Wildman–Crippen MR) is 127 cm³/mol. The van der Waals surface area contributed by atoms with Crippen molar-refractivity contribution in [1.82, 2.24) is 25.0 Å². The lowest BCUT2D eigenvalue weighted by atomic mass is 10.0. The quantitative estimate of drug-likeness (QED) is 0.133. The molecule has 0 aromatic carbocycles. The Bertz CT molecular complexity index is 1180. The molecule has 0 radical (unpaired) electrons. The lowest BCUT2D eigenvalue weighted by Crippen LogP contribution is -2.70. The van der Waals surface area contributed by atoms with Gasteiger partial charge in [-0.2, -0.15) is 4.98 Å². The molecule has 14 nitrogen and oxygen atoms in total. The average Bonchev–Trinajstić information content (AvgIpc) is 2.77. The molecule has 1 aromatic rings. The van der Waals surface area contributed by atoms with Crippen molar-refractivity contribution < 1.29 is 29.4 Å². The van der Waals surface area contributed by atoms with Gasteiger partial charge in [0.05, 0.1) is 0 Å². The van der Waals surface area contributed by atoms with E-state index in [9.17, 15) is 33.9 Å². The van der Waals surface area contributed by atoms with Crippen LogP contribution >= 0.6 is 23.5 Å². The van der Waals surface area contributed by atoms with Crippen LogP contribution in [0.4, 0.5) is 0 Å². The average molecular weight is 531 g/mol. The van der Waals surface area contributed by atoms with Crippen molar-refractivity contribution in [2.75, 3.05) is 11.5 Å². The van der Waals surface area contributed by atoms with Crippen LogP contribution in [0.25, 0.3) is 0 Å². The van der Waals surface area contributed by atoms with Crippen LogP contribution < -0.4 is 22.2 Å². The van der Waals surface area contributed by atoms with Crippen molar-refractivity contribution in [3.8, 4) is 0 Å². The Morgan fingerprint density at radius 1 is 1.31 bits per heavy atom. The molecule has 35 heavy (non-hydrogen) atoms. The van der Waals surface area contributed by atoms with Gasteiger partial charge in [0.15, 0.2) is 5.16 Å². The largest absolute Gasteiger partial charge is 0.480 e. The third kappa shape index (κ3) is 6.12. The number of hydrogen-bond donors (Lipinski definition) is 5. The van der Waals surface area contributed by atoms with Gasteiger partial charge >= 0.3 is 23.1 Å². The van der Waals surface area contributed by atoms with Crippen LogP contribution in [0, 0.1) is 0 Å². The Morgan fingerprint density at radius 3 is 2.63 bits per heavy atom. The summed E-state index contributed by atoms with van der Waals surface area (Å²) in [6, 6.07) is -1.97. The molecule has 0 bridgehead atoms. The topological polar surface area (TPSA) is 218 Å². The molecule has 3 heterocycles. The van der Waals surface area contributed by atoms with E-state index in [2.05, 4.69) is 15.4 Å². The van der Waals surface area contributed by atoms with E-state index in [1.54, 1.807) is 0 Å². The molecule has 1 saturated heterocycles. The molecule has 1 aromatic heterocycles. The predicted octanol–water partition coefficient (Wildman–Crippen LogP) is -1.48. The summed E-state index contributed by atoms with van der Waals surface area (Å²) in [4.78, 5) is 75.1. The van der Waals surface area contributed by atoms with Gasteiger partial charge in [-0.3, -0.25) is 38.7 Å². The number of fused-ring (bicyclic) bond motifs is 1. The summed E-state index contributed by atoms with van der Waals surface area (Å²) in [7, 11) is 1.48. The second-order valence-electron chi connectivity index (χ2n) is 7.54. The van der Waals surface area contributed by atoms with Crippen molar-refractivity contribution in [3.63, 3.8) is 0 Å². The molecule has 1 fully saturated rings. The minimum atomic E-state index is -1.30. The van der Waals surface area contributed by atoms with E-state index in [0.29, 0.717) is 5.57 Å². The van der Waals surface area contributed by atoms with Crippen molar-refractivity contribution >= 4 is 47.3 Å². The van der Waals surface area contributed by atoms with Gasteiger partial charge in [0.2, 0.25) is 5.91 Å². The summed E-state index contributed by atoms with van der Waals surface area (Å²) < 4.78 is 1.25. The number of nitrogens with two attached hydrogens (primary N) is 1. The number of aryl methyl sites for hydroxylation is 1. The molecule has 2 amide bonds. The molecule has 0 aliphatic carbocycles. The molecule has 0 saturated carbocycles. The number of carboxylic acids is 2. The first-order chi connectivity index (χ1) is 16.0. The van der Waals surface area contributed by atoms with Crippen LogP contribution in [-0.2, 0) is 26.2 Å². The number of hydrogen-bond acceptors (Lipinski definition) is 10. The van der Waals surface area contributed by atoms with E-state index < -0.39 is 52.3 Å². The highest BCUT2D eigenvalue weighted by molar-refractivity contribution is 8.01. The van der Waals surface area contributed by atoms with Gasteiger partial charge in [0, 0.05) is 25.0 Å². The first kappa shape index (κ1) is 28.1. The number of carboxylic acid groups (broad SMARTS) is 2. The van der Waals surface area contributed by atoms with Crippen LogP contribution in [0.15, 0.2) is 26.0 Å². The molecule has 3 unspecified atom stereocenters. The van der Waals surface area contributed by atoms with Crippen LogP contribution in [0.1, 0.15) is 26.7 Å². The van der Waals surface area contributed by atoms with E-state index in [0.717, 1.165) is 16.7 Å². The van der Waals surface area contributed by atoms with Crippen LogP contribution in [0.5, 0.6) is 0 Å². The van der Waals surface area contributed by atoms with E-state index in [-0.39, 0.29) is 49.0 Å². The second-order valence-corrected chi connectivity index (χ2v) is 9.58. The minimum Gasteiger partial charge on any atom is -0.480 e. The van der Waals surface area contributed by atoms with Crippen molar-refractivity contribution in [2.45, 2.75) is 49.3 Å². The number of thioether (sulfide) groups is 2. The molecule has 3 rings (SSSR count). The van der Waals surface area contributed by atoms with E-state index in [1.165, 1.54) is 23.5 Å². The summed E-state index contributed by atoms with van der Waals surface area (Å²) in [5, 5.41) is 23.0. The lowest BCUT2D eigenvalue weighted by Gasteiger charge is -2.49. The molecule has 16 heteroatoms. The summed E-state index contributed by atoms with van der Waals surface area (Å²) >= 11 is 2.32. The highest BCUT2D eigenvalue weighted by atomic mass is 32.2. The Hall–Kier alpha value is -3.11. The Kier molecular flexibility index (Phi) is 9.28. The first-order valence-electron chi connectivity index (χ1n) is 9.99. The number of H-pyrrole nitrogens is 1. The summed E-state index contributed by atoms with van der Waals surface area (Å²) in [6.45, 7) is 0. The molecular weight excluding hydrogens is 504 g/mol. The molecule has 3 atom stereocenters. The Labute approximate surface area is 207 Å². The number of carbonyl (C=O) groups excluding carboxylic acids is 2. The van der Waals surface area contributed by atoms with E-state index in [4.69, 9.17) is 10.8 Å². The number of nitrogens with zero attached hydrogens (tertiary/aromatic N) is 3. The normalized spacial score (nSPS) is 19.8. The molecule has 192 valence electrons. The number of aliphatic carboxylic acids is 2. The number of aromatic nitrogens is 3. The Morgan fingerprint density at radius 2 is 2.00 bits per heavy atom.